The minimum absolute atomic E-state index is 0.0969. The van der Waals surface area contributed by atoms with Gasteiger partial charge in [0.25, 0.3) is 0 Å². The zero-order chi connectivity index (χ0) is 17.4. The van der Waals surface area contributed by atoms with Crippen LogP contribution in [0.15, 0.2) is 16.5 Å². The molecule has 6 heteroatoms. The number of amides is 2. The molecule has 1 aromatic rings. The maximum Gasteiger partial charge on any atom is 0.318 e. The van der Waals surface area contributed by atoms with Gasteiger partial charge in [0, 0.05) is 19.4 Å². The molecule has 0 saturated carbocycles. The monoisotopic (exact) mass is 336 g/mol. The van der Waals surface area contributed by atoms with Gasteiger partial charge >= 0.3 is 6.03 Å². The molecule has 6 nitrogen and oxygen atoms in total. The molecule has 1 spiro atoms. The highest BCUT2D eigenvalue weighted by atomic mass is 16.7. The van der Waals surface area contributed by atoms with Crippen molar-refractivity contribution in [1.29, 1.82) is 0 Å². The van der Waals surface area contributed by atoms with Gasteiger partial charge in [-0.25, -0.2) is 4.79 Å². The Hall–Kier alpha value is -1.53. The van der Waals surface area contributed by atoms with E-state index in [1.807, 2.05) is 12.1 Å². The molecule has 24 heavy (non-hydrogen) atoms. The van der Waals surface area contributed by atoms with E-state index in [0.717, 1.165) is 24.4 Å². The van der Waals surface area contributed by atoms with E-state index in [2.05, 4.69) is 33.0 Å². The Balaban J connectivity index is 1.70. The van der Waals surface area contributed by atoms with Gasteiger partial charge in [0.15, 0.2) is 5.79 Å². The Morgan fingerprint density at radius 3 is 2.62 bits per heavy atom. The number of carbonyl (C=O) groups excluding carboxylic acids is 1. The minimum atomic E-state index is -0.589. The Morgan fingerprint density at radius 2 is 2.04 bits per heavy atom. The summed E-state index contributed by atoms with van der Waals surface area (Å²) in [6.07, 6.45) is 1.56. The third-order valence-electron chi connectivity index (χ3n) is 4.74. The molecule has 3 rings (SSSR count). The Labute approximate surface area is 143 Å². The summed E-state index contributed by atoms with van der Waals surface area (Å²) in [5.74, 6) is 1.14. The molecule has 3 heterocycles. The maximum absolute atomic E-state index is 12.8. The van der Waals surface area contributed by atoms with Crippen molar-refractivity contribution in [3.05, 3.63) is 23.7 Å². The van der Waals surface area contributed by atoms with Crippen LogP contribution in [0.1, 0.15) is 51.7 Å². The van der Waals surface area contributed by atoms with Gasteiger partial charge in [0.2, 0.25) is 0 Å². The van der Waals surface area contributed by atoms with E-state index < -0.39 is 5.79 Å². The van der Waals surface area contributed by atoms with Crippen LogP contribution in [0.3, 0.4) is 0 Å². The van der Waals surface area contributed by atoms with Gasteiger partial charge in [-0.3, -0.25) is 0 Å². The molecule has 2 fully saturated rings. The first-order valence-corrected chi connectivity index (χ1v) is 8.75. The number of hydrogen-bond donors (Lipinski definition) is 1. The van der Waals surface area contributed by atoms with Gasteiger partial charge in [-0.1, -0.05) is 27.7 Å². The summed E-state index contributed by atoms with van der Waals surface area (Å²) < 4.78 is 17.3. The first kappa shape index (κ1) is 17.3. The number of carbonyl (C=O) groups is 1. The van der Waals surface area contributed by atoms with Crippen LogP contribution in [-0.2, 0) is 15.9 Å². The molecule has 2 amide bonds. The van der Waals surface area contributed by atoms with Crippen LogP contribution >= 0.6 is 0 Å². The predicted octanol–water partition coefficient (Wildman–Crippen LogP) is 3.09. The molecule has 0 radical (unpaired) electrons. The minimum Gasteiger partial charge on any atom is -0.464 e. The van der Waals surface area contributed by atoms with Gasteiger partial charge in [-0.05, 0) is 17.5 Å². The lowest BCUT2D eigenvalue weighted by atomic mass is 9.85. The number of urea groups is 1. The van der Waals surface area contributed by atoms with Crippen molar-refractivity contribution >= 4 is 6.03 Å². The smallest absolute Gasteiger partial charge is 0.318 e. The quantitative estimate of drug-likeness (QED) is 0.921. The van der Waals surface area contributed by atoms with E-state index in [9.17, 15) is 4.79 Å². The standard InChI is InChI=1S/C18H28N2O4/c1-5-13-6-7-14(24-13)15(17(2,3)4)19-16(21)20-9-8-18(12-20)22-10-11-23-18/h6-7,15H,5,8-12H2,1-4H3,(H,19,21)/t15-/m1/s1. The predicted molar refractivity (Wildman–Crippen MR) is 89.6 cm³/mol. The van der Waals surface area contributed by atoms with Gasteiger partial charge in [0.1, 0.15) is 11.5 Å². The SMILES string of the molecule is CCc1ccc([C@@H](NC(=O)N2CCC3(C2)OCCO3)C(C)(C)C)o1. The molecular formula is C18H28N2O4. The number of ether oxygens (including phenoxy) is 2. The van der Waals surface area contributed by atoms with E-state index >= 15 is 0 Å². The van der Waals surface area contributed by atoms with Crippen LogP contribution in [-0.4, -0.2) is 43.0 Å². The summed E-state index contributed by atoms with van der Waals surface area (Å²) in [5.41, 5.74) is -0.156. The molecule has 1 N–H and O–H groups in total. The first-order valence-electron chi connectivity index (χ1n) is 8.75. The van der Waals surface area contributed by atoms with Crippen molar-refractivity contribution in [2.24, 2.45) is 5.41 Å². The van der Waals surface area contributed by atoms with Crippen molar-refractivity contribution in [2.75, 3.05) is 26.3 Å². The lowest BCUT2D eigenvalue weighted by molar-refractivity contribution is -0.143. The second kappa shape index (κ2) is 6.41. The second-order valence-electron chi connectivity index (χ2n) is 7.69. The first-order chi connectivity index (χ1) is 11.3. The number of hydrogen-bond acceptors (Lipinski definition) is 4. The fourth-order valence-electron chi connectivity index (χ4n) is 3.33. The molecule has 2 saturated heterocycles. The topological polar surface area (TPSA) is 63.9 Å². The lowest BCUT2D eigenvalue weighted by Crippen LogP contribution is -2.45. The average molecular weight is 336 g/mol. The molecule has 2 aliphatic rings. The highest BCUT2D eigenvalue weighted by Crippen LogP contribution is 2.35. The third kappa shape index (κ3) is 3.44. The Morgan fingerprint density at radius 1 is 1.33 bits per heavy atom. The Kier molecular flexibility index (Phi) is 4.62. The van der Waals surface area contributed by atoms with Crippen molar-refractivity contribution in [3.8, 4) is 0 Å². The van der Waals surface area contributed by atoms with E-state index in [-0.39, 0.29) is 17.5 Å². The lowest BCUT2D eigenvalue weighted by Gasteiger charge is -2.32. The van der Waals surface area contributed by atoms with Crippen molar-refractivity contribution < 1.29 is 18.7 Å². The van der Waals surface area contributed by atoms with E-state index in [1.165, 1.54) is 0 Å². The van der Waals surface area contributed by atoms with Crippen molar-refractivity contribution in [2.45, 2.75) is 52.4 Å². The molecule has 134 valence electrons. The van der Waals surface area contributed by atoms with Crippen LogP contribution in [0.4, 0.5) is 4.79 Å². The average Bonchev–Trinajstić information content (AvgIpc) is 3.25. The van der Waals surface area contributed by atoms with Crippen LogP contribution in [0.5, 0.6) is 0 Å². The highest BCUT2D eigenvalue weighted by Gasteiger charge is 2.45. The number of rotatable bonds is 3. The summed E-state index contributed by atoms with van der Waals surface area (Å²) in [4.78, 5) is 14.5. The third-order valence-corrected chi connectivity index (χ3v) is 4.74. The van der Waals surface area contributed by atoms with Crippen molar-refractivity contribution in [1.82, 2.24) is 10.2 Å². The van der Waals surface area contributed by atoms with Crippen molar-refractivity contribution in [3.63, 3.8) is 0 Å². The van der Waals surface area contributed by atoms with Crippen LogP contribution < -0.4 is 5.32 Å². The summed E-state index contributed by atoms with van der Waals surface area (Å²) in [5, 5.41) is 3.14. The molecule has 0 aromatic carbocycles. The largest absolute Gasteiger partial charge is 0.464 e. The van der Waals surface area contributed by atoms with E-state index in [4.69, 9.17) is 13.9 Å². The summed E-state index contributed by atoms with van der Waals surface area (Å²) in [6, 6.07) is 3.65. The van der Waals surface area contributed by atoms with E-state index in [1.54, 1.807) is 4.90 Å². The number of likely N-dealkylation sites (tertiary alicyclic amines) is 1. The molecule has 0 bridgehead atoms. The van der Waals surface area contributed by atoms with Crippen LogP contribution in [0.25, 0.3) is 0 Å². The fourth-order valence-corrected chi connectivity index (χ4v) is 3.33. The Bertz CT molecular complexity index is 584. The van der Waals surface area contributed by atoms with Gasteiger partial charge in [0.05, 0.1) is 25.8 Å². The van der Waals surface area contributed by atoms with Gasteiger partial charge in [-0.2, -0.15) is 0 Å². The highest BCUT2D eigenvalue weighted by molar-refractivity contribution is 5.75. The zero-order valence-corrected chi connectivity index (χ0v) is 15.1. The number of nitrogens with one attached hydrogen (secondary N) is 1. The van der Waals surface area contributed by atoms with Crippen LogP contribution in [0, 0.1) is 5.41 Å². The summed E-state index contributed by atoms with van der Waals surface area (Å²) >= 11 is 0. The molecule has 1 atom stereocenters. The fraction of sp³-hybridized carbons (Fsp3) is 0.722. The van der Waals surface area contributed by atoms with Crippen LogP contribution in [0.2, 0.25) is 0 Å². The molecule has 0 unspecified atom stereocenters. The normalized spacial score (nSPS) is 21.4. The van der Waals surface area contributed by atoms with Gasteiger partial charge in [-0.15, -0.1) is 0 Å². The van der Waals surface area contributed by atoms with E-state index in [0.29, 0.717) is 26.3 Å². The molecule has 0 aliphatic carbocycles. The molecule has 2 aliphatic heterocycles. The number of aryl methyl sites for hydroxylation is 1. The maximum atomic E-state index is 12.8. The summed E-state index contributed by atoms with van der Waals surface area (Å²) in [7, 11) is 0. The second-order valence-corrected chi connectivity index (χ2v) is 7.69. The summed E-state index contributed by atoms with van der Waals surface area (Å²) in [6.45, 7) is 10.7. The van der Waals surface area contributed by atoms with Gasteiger partial charge < -0.3 is 24.1 Å². The number of nitrogens with zero attached hydrogens (tertiary/aromatic N) is 1. The molecule has 1 aromatic heterocycles. The number of furan rings is 1. The zero-order valence-electron chi connectivity index (χ0n) is 15.1. The molecular weight excluding hydrogens is 308 g/mol.